The van der Waals surface area contributed by atoms with Gasteiger partial charge in [-0.25, -0.2) is 9.78 Å². The Morgan fingerprint density at radius 1 is 1.21 bits per heavy atom. The maximum absolute atomic E-state index is 10.5. The van der Waals surface area contributed by atoms with Crippen molar-refractivity contribution in [1.29, 1.82) is 0 Å². The largest absolute Gasteiger partial charge is 0.486 e. The van der Waals surface area contributed by atoms with E-state index in [9.17, 15) is 4.79 Å². The van der Waals surface area contributed by atoms with Crippen molar-refractivity contribution < 1.29 is 19.4 Å². The number of hydrogen-bond donors (Lipinski definition) is 1. The third kappa shape index (κ3) is 2.35. The summed E-state index contributed by atoms with van der Waals surface area (Å²) >= 11 is 0. The molecule has 0 saturated carbocycles. The predicted octanol–water partition coefficient (Wildman–Crippen LogP) is 2.10. The van der Waals surface area contributed by atoms with E-state index in [4.69, 9.17) is 14.6 Å². The number of carboxylic acid groups (broad SMARTS) is 1. The standard InChI is InChI=1S/C14H11NO4/c16-14(17)4-3-10-2-1-9-7-12-13(8-11(9)15-10)19-6-5-18-12/h1-4,7-8H,5-6H2,(H,16,17)/b4-3+. The van der Waals surface area contributed by atoms with Gasteiger partial charge in [-0.05, 0) is 18.2 Å². The normalized spacial score (nSPS) is 13.9. The second-order valence-electron chi connectivity index (χ2n) is 4.10. The first-order chi connectivity index (χ1) is 9.22. The van der Waals surface area contributed by atoms with Crippen LogP contribution in [0.15, 0.2) is 30.3 Å². The van der Waals surface area contributed by atoms with Crippen LogP contribution in [0.3, 0.4) is 0 Å². The van der Waals surface area contributed by atoms with E-state index in [1.54, 1.807) is 6.07 Å². The zero-order chi connectivity index (χ0) is 13.2. The summed E-state index contributed by atoms with van der Waals surface area (Å²) in [5, 5.41) is 9.52. The fourth-order valence-electron chi connectivity index (χ4n) is 1.93. The number of hydrogen-bond acceptors (Lipinski definition) is 4. The lowest BCUT2D eigenvalue weighted by molar-refractivity contribution is -0.131. The molecule has 1 aliphatic heterocycles. The van der Waals surface area contributed by atoms with Crippen LogP contribution in [0.5, 0.6) is 11.5 Å². The summed E-state index contributed by atoms with van der Waals surface area (Å²) in [7, 11) is 0. The van der Waals surface area contributed by atoms with Crippen molar-refractivity contribution in [2.75, 3.05) is 13.2 Å². The monoisotopic (exact) mass is 257 g/mol. The molecule has 3 rings (SSSR count). The van der Waals surface area contributed by atoms with E-state index in [1.807, 2.05) is 18.2 Å². The zero-order valence-corrected chi connectivity index (χ0v) is 10.00. The number of aliphatic carboxylic acids is 1. The summed E-state index contributed by atoms with van der Waals surface area (Å²) in [6, 6.07) is 7.32. The predicted molar refractivity (Wildman–Crippen MR) is 69.4 cm³/mol. The molecule has 5 nitrogen and oxygen atoms in total. The molecule has 96 valence electrons. The van der Waals surface area contributed by atoms with Crippen molar-refractivity contribution in [1.82, 2.24) is 4.98 Å². The van der Waals surface area contributed by atoms with E-state index in [2.05, 4.69) is 4.98 Å². The van der Waals surface area contributed by atoms with Crippen molar-refractivity contribution in [3.63, 3.8) is 0 Å². The van der Waals surface area contributed by atoms with Gasteiger partial charge in [-0.15, -0.1) is 0 Å². The molecular weight excluding hydrogens is 246 g/mol. The zero-order valence-electron chi connectivity index (χ0n) is 10.00. The first-order valence-corrected chi connectivity index (χ1v) is 5.84. The van der Waals surface area contributed by atoms with Crippen LogP contribution in [0.4, 0.5) is 0 Å². The molecule has 1 N–H and O–H groups in total. The highest BCUT2D eigenvalue weighted by atomic mass is 16.6. The van der Waals surface area contributed by atoms with Crippen LogP contribution in [-0.4, -0.2) is 29.3 Å². The number of carboxylic acids is 1. The van der Waals surface area contributed by atoms with E-state index in [-0.39, 0.29) is 0 Å². The Hall–Kier alpha value is -2.56. The lowest BCUT2D eigenvalue weighted by Gasteiger charge is -2.18. The Morgan fingerprint density at radius 2 is 1.95 bits per heavy atom. The van der Waals surface area contributed by atoms with Gasteiger partial charge in [0.2, 0.25) is 0 Å². The molecule has 0 radical (unpaired) electrons. The number of ether oxygens (including phenoxy) is 2. The van der Waals surface area contributed by atoms with Crippen LogP contribution in [0, 0.1) is 0 Å². The molecule has 0 atom stereocenters. The van der Waals surface area contributed by atoms with E-state index >= 15 is 0 Å². The van der Waals surface area contributed by atoms with Crippen molar-refractivity contribution in [3.05, 3.63) is 36.0 Å². The van der Waals surface area contributed by atoms with Crippen molar-refractivity contribution in [2.45, 2.75) is 0 Å². The van der Waals surface area contributed by atoms with Crippen LogP contribution in [0.25, 0.3) is 17.0 Å². The number of pyridine rings is 1. The average Bonchev–Trinajstić information content (AvgIpc) is 2.42. The molecule has 0 spiro atoms. The Balaban J connectivity index is 2.05. The number of nitrogens with zero attached hydrogens (tertiary/aromatic N) is 1. The highest BCUT2D eigenvalue weighted by Gasteiger charge is 2.12. The molecule has 0 fully saturated rings. The maximum Gasteiger partial charge on any atom is 0.328 e. The summed E-state index contributed by atoms with van der Waals surface area (Å²) in [5.41, 5.74) is 1.34. The number of rotatable bonds is 2. The summed E-state index contributed by atoms with van der Waals surface area (Å²) in [5.74, 6) is 0.393. The van der Waals surface area contributed by atoms with Gasteiger partial charge in [0.25, 0.3) is 0 Å². The molecular formula is C14H11NO4. The first-order valence-electron chi connectivity index (χ1n) is 5.84. The number of fused-ring (bicyclic) bond motifs is 2. The van der Waals surface area contributed by atoms with Gasteiger partial charge in [-0.1, -0.05) is 6.07 Å². The van der Waals surface area contributed by atoms with Gasteiger partial charge in [0, 0.05) is 17.5 Å². The number of aromatic nitrogens is 1. The quantitative estimate of drug-likeness (QED) is 0.834. The summed E-state index contributed by atoms with van der Waals surface area (Å²) < 4.78 is 11.0. The topological polar surface area (TPSA) is 68.7 Å². The van der Waals surface area contributed by atoms with Gasteiger partial charge in [-0.3, -0.25) is 0 Å². The minimum Gasteiger partial charge on any atom is -0.486 e. The molecule has 19 heavy (non-hydrogen) atoms. The van der Waals surface area contributed by atoms with E-state index in [0.29, 0.717) is 24.7 Å². The van der Waals surface area contributed by atoms with E-state index in [0.717, 1.165) is 22.7 Å². The molecule has 5 heteroatoms. The minimum absolute atomic E-state index is 0.525. The molecule has 1 aromatic heterocycles. The molecule has 1 aromatic carbocycles. The molecule has 0 bridgehead atoms. The minimum atomic E-state index is -0.996. The lowest BCUT2D eigenvalue weighted by Crippen LogP contribution is -2.15. The summed E-state index contributed by atoms with van der Waals surface area (Å²) in [4.78, 5) is 14.8. The Morgan fingerprint density at radius 3 is 2.68 bits per heavy atom. The van der Waals surface area contributed by atoms with Gasteiger partial charge >= 0.3 is 5.97 Å². The smallest absolute Gasteiger partial charge is 0.328 e. The number of benzene rings is 1. The van der Waals surface area contributed by atoms with Gasteiger partial charge in [0.05, 0.1) is 11.2 Å². The average molecular weight is 257 g/mol. The Labute approximate surface area is 109 Å². The van der Waals surface area contributed by atoms with Gasteiger partial charge in [-0.2, -0.15) is 0 Å². The second-order valence-corrected chi connectivity index (χ2v) is 4.10. The van der Waals surface area contributed by atoms with E-state index in [1.165, 1.54) is 6.08 Å². The van der Waals surface area contributed by atoms with Crippen LogP contribution in [0.1, 0.15) is 5.69 Å². The molecule has 2 aromatic rings. The fraction of sp³-hybridized carbons (Fsp3) is 0.143. The fourth-order valence-corrected chi connectivity index (χ4v) is 1.93. The first kappa shape index (κ1) is 11.5. The second kappa shape index (κ2) is 4.61. The number of carbonyl (C=O) groups is 1. The van der Waals surface area contributed by atoms with Crippen LogP contribution in [0.2, 0.25) is 0 Å². The Bertz CT molecular complexity index is 678. The SMILES string of the molecule is O=C(O)/C=C/c1ccc2cc3c(cc2n1)OCCO3. The molecule has 0 amide bonds. The molecule has 1 aliphatic rings. The highest BCUT2D eigenvalue weighted by Crippen LogP contribution is 2.33. The van der Waals surface area contributed by atoms with Gasteiger partial charge in [0.15, 0.2) is 11.5 Å². The van der Waals surface area contributed by atoms with Crippen molar-refractivity contribution >= 4 is 22.9 Å². The van der Waals surface area contributed by atoms with Crippen LogP contribution >= 0.6 is 0 Å². The van der Waals surface area contributed by atoms with Crippen LogP contribution in [-0.2, 0) is 4.79 Å². The highest BCUT2D eigenvalue weighted by molar-refractivity contribution is 5.87. The van der Waals surface area contributed by atoms with Gasteiger partial charge < -0.3 is 14.6 Å². The van der Waals surface area contributed by atoms with Crippen LogP contribution < -0.4 is 9.47 Å². The molecule has 0 unspecified atom stereocenters. The maximum atomic E-state index is 10.5. The van der Waals surface area contributed by atoms with E-state index < -0.39 is 5.97 Å². The third-order valence-electron chi connectivity index (χ3n) is 2.77. The van der Waals surface area contributed by atoms with Crippen molar-refractivity contribution in [3.8, 4) is 11.5 Å². The summed E-state index contributed by atoms with van der Waals surface area (Å²) in [6.07, 6.45) is 2.52. The Kier molecular flexibility index (Phi) is 2.79. The molecule has 0 aliphatic carbocycles. The molecule has 2 heterocycles. The molecule has 0 saturated heterocycles. The lowest BCUT2D eigenvalue weighted by atomic mass is 10.1. The summed E-state index contributed by atoms with van der Waals surface area (Å²) in [6.45, 7) is 1.07. The van der Waals surface area contributed by atoms with Gasteiger partial charge in [0.1, 0.15) is 13.2 Å². The third-order valence-corrected chi connectivity index (χ3v) is 2.77. The van der Waals surface area contributed by atoms with Crippen molar-refractivity contribution in [2.24, 2.45) is 0 Å².